The number of hydrogen-bond acceptors (Lipinski definition) is 3. The van der Waals surface area contributed by atoms with Crippen molar-refractivity contribution in [3.05, 3.63) is 66.2 Å². The highest BCUT2D eigenvalue weighted by molar-refractivity contribution is 5.99. The van der Waals surface area contributed by atoms with Gasteiger partial charge in [-0.05, 0) is 55.7 Å². The third-order valence-electron chi connectivity index (χ3n) is 5.11. The molecule has 0 aromatic heterocycles. The summed E-state index contributed by atoms with van der Waals surface area (Å²) in [4.78, 5) is 24.4. The quantitative estimate of drug-likeness (QED) is 0.605. The largest absolute Gasteiger partial charge is 0.382 e. The minimum absolute atomic E-state index is 0.251. The van der Waals surface area contributed by atoms with Crippen molar-refractivity contribution in [3.63, 3.8) is 0 Å². The van der Waals surface area contributed by atoms with Crippen LogP contribution in [0, 0.1) is 0 Å². The van der Waals surface area contributed by atoms with Crippen LogP contribution >= 0.6 is 0 Å². The molecule has 5 heteroatoms. The summed E-state index contributed by atoms with van der Waals surface area (Å²) in [6, 6.07) is 17.2. The summed E-state index contributed by atoms with van der Waals surface area (Å²) in [5, 5.41) is 9.09. The average molecular weight is 392 g/mol. The molecule has 1 saturated carbocycles. The summed E-state index contributed by atoms with van der Waals surface area (Å²) < 4.78 is 0. The Bertz CT molecular complexity index is 825. The average Bonchev–Trinajstić information content (AvgIpc) is 2.75. The predicted octanol–water partition coefficient (Wildman–Crippen LogP) is 4.59. The van der Waals surface area contributed by atoms with Gasteiger partial charge in [-0.15, -0.1) is 0 Å². The van der Waals surface area contributed by atoms with Crippen molar-refractivity contribution in [3.8, 4) is 0 Å². The van der Waals surface area contributed by atoms with Crippen molar-refractivity contribution < 1.29 is 9.59 Å². The van der Waals surface area contributed by atoms with Gasteiger partial charge >= 0.3 is 0 Å². The second-order valence-electron chi connectivity index (χ2n) is 7.52. The molecule has 0 bridgehead atoms. The number of rotatable bonds is 7. The lowest BCUT2D eigenvalue weighted by Gasteiger charge is -2.24. The molecule has 29 heavy (non-hydrogen) atoms. The summed E-state index contributed by atoms with van der Waals surface area (Å²) in [5.74, 6) is -0.553. The van der Waals surface area contributed by atoms with Crippen molar-refractivity contribution in [1.82, 2.24) is 5.32 Å². The second kappa shape index (κ2) is 10.5. The molecular formula is C24H29N3O2. The zero-order valence-electron chi connectivity index (χ0n) is 16.9. The minimum atomic E-state index is -0.636. The van der Waals surface area contributed by atoms with E-state index in [1.807, 2.05) is 54.6 Å². The standard InChI is InChI=1S/C24H29N3O2/c1-18(25-23(28)17-12-19-8-4-2-5-9-19)24(29)27-22-15-13-21(14-16-22)26-20-10-6-3-7-11-20/h2,4-5,8-9,12-18,20,26H,3,6-7,10-11H2,1H3,(H,25,28)(H,27,29)/b17-12+. The molecular weight excluding hydrogens is 362 g/mol. The summed E-state index contributed by atoms with van der Waals surface area (Å²) in [5.41, 5.74) is 2.72. The Balaban J connectivity index is 1.46. The first-order valence-electron chi connectivity index (χ1n) is 10.3. The van der Waals surface area contributed by atoms with Crippen LogP contribution in [0.25, 0.3) is 6.08 Å². The summed E-state index contributed by atoms with van der Waals surface area (Å²) in [6.45, 7) is 1.67. The summed E-state index contributed by atoms with van der Waals surface area (Å²) in [7, 11) is 0. The Hall–Kier alpha value is -3.08. The van der Waals surface area contributed by atoms with E-state index in [2.05, 4.69) is 16.0 Å². The van der Waals surface area contributed by atoms with Crippen molar-refractivity contribution in [2.24, 2.45) is 0 Å². The minimum Gasteiger partial charge on any atom is -0.382 e. The predicted molar refractivity (Wildman–Crippen MR) is 119 cm³/mol. The van der Waals surface area contributed by atoms with Gasteiger partial charge in [0.2, 0.25) is 11.8 Å². The Labute approximate surface area is 172 Å². The number of hydrogen-bond donors (Lipinski definition) is 3. The molecule has 0 aliphatic heterocycles. The molecule has 1 atom stereocenters. The number of anilines is 2. The lowest BCUT2D eigenvalue weighted by atomic mass is 9.95. The Morgan fingerprint density at radius 2 is 1.59 bits per heavy atom. The highest BCUT2D eigenvalue weighted by Crippen LogP contribution is 2.22. The highest BCUT2D eigenvalue weighted by atomic mass is 16.2. The third kappa shape index (κ3) is 6.79. The fourth-order valence-electron chi connectivity index (χ4n) is 3.45. The van der Waals surface area contributed by atoms with E-state index in [-0.39, 0.29) is 11.8 Å². The Morgan fingerprint density at radius 1 is 0.931 bits per heavy atom. The first kappa shape index (κ1) is 20.6. The van der Waals surface area contributed by atoms with Gasteiger partial charge in [0.25, 0.3) is 0 Å². The molecule has 1 aliphatic carbocycles. The van der Waals surface area contributed by atoms with Gasteiger partial charge in [0.1, 0.15) is 6.04 Å². The molecule has 2 amide bonds. The van der Waals surface area contributed by atoms with E-state index in [9.17, 15) is 9.59 Å². The van der Waals surface area contributed by atoms with Gasteiger partial charge in [-0.3, -0.25) is 9.59 Å². The molecule has 0 saturated heterocycles. The van der Waals surface area contributed by atoms with Crippen molar-refractivity contribution in [2.75, 3.05) is 10.6 Å². The van der Waals surface area contributed by atoms with Crippen molar-refractivity contribution in [2.45, 2.75) is 51.1 Å². The first-order valence-corrected chi connectivity index (χ1v) is 10.3. The normalized spacial score (nSPS) is 15.6. The smallest absolute Gasteiger partial charge is 0.246 e. The maximum absolute atomic E-state index is 12.4. The topological polar surface area (TPSA) is 70.2 Å². The molecule has 1 fully saturated rings. The van der Waals surface area contributed by atoms with Gasteiger partial charge in [0, 0.05) is 23.5 Å². The van der Waals surface area contributed by atoms with Crippen LogP contribution in [-0.4, -0.2) is 23.9 Å². The summed E-state index contributed by atoms with van der Waals surface area (Å²) in [6.07, 6.45) is 9.50. The van der Waals surface area contributed by atoms with Gasteiger partial charge in [0.05, 0.1) is 0 Å². The molecule has 3 N–H and O–H groups in total. The molecule has 152 valence electrons. The fraction of sp³-hybridized carbons (Fsp3) is 0.333. The molecule has 2 aromatic rings. The Kier molecular flexibility index (Phi) is 7.45. The number of carbonyl (C=O) groups excluding carboxylic acids is 2. The molecule has 1 unspecified atom stereocenters. The number of amides is 2. The van der Waals surface area contributed by atoms with E-state index >= 15 is 0 Å². The molecule has 3 rings (SSSR count). The van der Waals surface area contributed by atoms with E-state index < -0.39 is 6.04 Å². The van der Waals surface area contributed by atoms with Gasteiger partial charge in [0.15, 0.2) is 0 Å². The number of benzene rings is 2. The molecule has 5 nitrogen and oxygen atoms in total. The van der Waals surface area contributed by atoms with Gasteiger partial charge in [-0.2, -0.15) is 0 Å². The molecule has 0 radical (unpaired) electrons. The van der Waals surface area contributed by atoms with Gasteiger partial charge in [-0.25, -0.2) is 0 Å². The zero-order chi connectivity index (χ0) is 20.5. The molecule has 0 spiro atoms. The van der Waals surface area contributed by atoms with E-state index in [0.29, 0.717) is 11.7 Å². The van der Waals surface area contributed by atoms with E-state index in [1.165, 1.54) is 38.2 Å². The van der Waals surface area contributed by atoms with E-state index in [4.69, 9.17) is 0 Å². The van der Waals surface area contributed by atoms with Crippen LogP contribution in [0.1, 0.15) is 44.6 Å². The van der Waals surface area contributed by atoms with Gasteiger partial charge < -0.3 is 16.0 Å². The Morgan fingerprint density at radius 3 is 2.28 bits per heavy atom. The van der Waals surface area contributed by atoms with E-state index in [0.717, 1.165) is 11.3 Å². The number of carbonyl (C=O) groups is 2. The number of nitrogens with one attached hydrogen (secondary N) is 3. The molecule has 0 heterocycles. The lowest BCUT2D eigenvalue weighted by Crippen LogP contribution is -2.40. The summed E-state index contributed by atoms with van der Waals surface area (Å²) >= 11 is 0. The molecule has 2 aromatic carbocycles. The van der Waals surface area contributed by atoms with Crippen LogP contribution in [0.4, 0.5) is 11.4 Å². The zero-order valence-corrected chi connectivity index (χ0v) is 16.9. The van der Waals surface area contributed by atoms with Crippen LogP contribution in [0.15, 0.2) is 60.7 Å². The third-order valence-corrected chi connectivity index (χ3v) is 5.11. The van der Waals surface area contributed by atoms with Crippen molar-refractivity contribution >= 4 is 29.3 Å². The van der Waals surface area contributed by atoms with Crippen LogP contribution in [0.2, 0.25) is 0 Å². The monoisotopic (exact) mass is 391 g/mol. The van der Waals surface area contributed by atoms with Crippen LogP contribution in [-0.2, 0) is 9.59 Å². The van der Waals surface area contributed by atoms with Crippen LogP contribution in [0.5, 0.6) is 0 Å². The maximum atomic E-state index is 12.4. The highest BCUT2D eigenvalue weighted by Gasteiger charge is 2.15. The van der Waals surface area contributed by atoms with Crippen molar-refractivity contribution in [1.29, 1.82) is 0 Å². The van der Waals surface area contributed by atoms with Gasteiger partial charge in [-0.1, -0.05) is 49.6 Å². The van der Waals surface area contributed by atoms with E-state index in [1.54, 1.807) is 13.0 Å². The SMILES string of the molecule is CC(NC(=O)/C=C/c1ccccc1)C(=O)Nc1ccc(NC2CCCCC2)cc1. The fourth-order valence-corrected chi connectivity index (χ4v) is 3.45. The first-order chi connectivity index (χ1) is 14.1. The lowest BCUT2D eigenvalue weighted by molar-refractivity contribution is -0.123. The maximum Gasteiger partial charge on any atom is 0.246 e. The van der Waals surface area contributed by atoms with Crippen LogP contribution < -0.4 is 16.0 Å². The molecule has 1 aliphatic rings. The second-order valence-corrected chi connectivity index (χ2v) is 7.52. The van der Waals surface area contributed by atoms with Crippen LogP contribution in [0.3, 0.4) is 0 Å².